The number of nitrogens with two attached hydrogens (primary N) is 1. The number of rotatable bonds is 4. The van der Waals surface area contributed by atoms with Crippen molar-refractivity contribution in [3.05, 3.63) is 69.3 Å². The van der Waals surface area contributed by atoms with Crippen molar-refractivity contribution in [2.75, 3.05) is 13.2 Å². The molecule has 4 rings (SSSR count). The van der Waals surface area contributed by atoms with Gasteiger partial charge in [0.15, 0.2) is 0 Å². The topological polar surface area (TPSA) is 86.4 Å². The standard InChI is InChI=1S/C21H19Cl2N3O3/c1-26-16-7-6-15(22)18(23)14(16)10-17(26)20(28)25-21(8-9-29-11-21)13-4-2-12(3-5-13)19(24)27/h2-7,10H,8-9,11H2,1H3,(H2,24,27)(H,25,28). The number of aryl methyl sites for hydroxylation is 1. The molecule has 2 amide bonds. The van der Waals surface area contributed by atoms with Gasteiger partial charge in [-0.1, -0.05) is 35.3 Å². The molecule has 0 aliphatic carbocycles. The molecule has 1 aliphatic rings. The Morgan fingerprint density at radius 3 is 2.52 bits per heavy atom. The molecule has 0 spiro atoms. The fraction of sp³-hybridized carbons (Fsp3) is 0.238. The zero-order chi connectivity index (χ0) is 20.8. The lowest BCUT2D eigenvalue weighted by Gasteiger charge is -2.29. The quantitative estimate of drug-likeness (QED) is 0.660. The summed E-state index contributed by atoms with van der Waals surface area (Å²) in [5, 5.41) is 4.70. The Kier molecular flexibility index (Phi) is 5.02. The molecule has 3 aromatic rings. The van der Waals surface area contributed by atoms with Crippen molar-refractivity contribution in [1.29, 1.82) is 0 Å². The maximum atomic E-state index is 13.2. The van der Waals surface area contributed by atoms with Gasteiger partial charge in [0.05, 0.1) is 22.2 Å². The molecule has 3 N–H and O–H groups in total. The van der Waals surface area contributed by atoms with E-state index in [4.69, 9.17) is 33.7 Å². The van der Waals surface area contributed by atoms with E-state index >= 15 is 0 Å². The molecule has 0 radical (unpaired) electrons. The number of fused-ring (bicyclic) bond motifs is 1. The van der Waals surface area contributed by atoms with Gasteiger partial charge in [-0.2, -0.15) is 0 Å². The molecule has 1 aromatic heterocycles. The van der Waals surface area contributed by atoms with Crippen LogP contribution in [0.3, 0.4) is 0 Å². The van der Waals surface area contributed by atoms with Crippen LogP contribution in [-0.4, -0.2) is 29.6 Å². The number of nitrogens with zero attached hydrogens (tertiary/aromatic N) is 1. The van der Waals surface area contributed by atoms with Gasteiger partial charge in [0, 0.05) is 36.5 Å². The Labute approximate surface area is 177 Å². The third-order valence-corrected chi connectivity index (χ3v) is 6.26. The van der Waals surface area contributed by atoms with Gasteiger partial charge in [-0.15, -0.1) is 0 Å². The minimum atomic E-state index is -0.689. The molecular formula is C21H19Cl2N3O3. The van der Waals surface area contributed by atoms with E-state index in [0.717, 1.165) is 11.1 Å². The maximum Gasteiger partial charge on any atom is 0.268 e. The molecule has 8 heteroatoms. The van der Waals surface area contributed by atoms with E-state index in [1.807, 2.05) is 6.07 Å². The normalized spacial score (nSPS) is 18.9. The third kappa shape index (κ3) is 3.37. The number of halogens is 2. The molecule has 1 saturated heterocycles. The highest BCUT2D eigenvalue weighted by Crippen LogP contribution is 2.34. The number of ether oxygens (including phenoxy) is 1. The smallest absolute Gasteiger partial charge is 0.268 e. The summed E-state index contributed by atoms with van der Waals surface area (Å²) in [6.07, 6.45) is 0.616. The summed E-state index contributed by atoms with van der Waals surface area (Å²) in [5.74, 6) is -0.747. The largest absolute Gasteiger partial charge is 0.379 e. The second-order valence-corrected chi connectivity index (χ2v) is 7.95. The molecule has 2 aromatic carbocycles. The van der Waals surface area contributed by atoms with E-state index in [2.05, 4.69) is 5.32 Å². The van der Waals surface area contributed by atoms with Crippen LogP contribution in [-0.2, 0) is 17.3 Å². The Bertz CT molecular complexity index is 1120. The minimum absolute atomic E-state index is 0.250. The van der Waals surface area contributed by atoms with E-state index in [1.54, 1.807) is 48.0 Å². The average molecular weight is 432 g/mol. The van der Waals surface area contributed by atoms with E-state index in [-0.39, 0.29) is 5.91 Å². The fourth-order valence-electron chi connectivity index (χ4n) is 3.77. The van der Waals surface area contributed by atoms with Gasteiger partial charge >= 0.3 is 0 Å². The van der Waals surface area contributed by atoms with Crippen molar-refractivity contribution in [2.24, 2.45) is 12.8 Å². The van der Waals surface area contributed by atoms with Crippen LogP contribution in [0.5, 0.6) is 0 Å². The second-order valence-electron chi connectivity index (χ2n) is 7.16. The SMILES string of the molecule is Cn1c(C(=O)NC2(c3ccc(C(N)=O)cc3)CCOC2)cc2c(Cl)c(Cl)ccc21. The van der Waals surface area contributed by atoms with Gasteiger partial charge in [-0.05, 0) is 35.9 Å². The maximum absolute atomic E-state index is 13.2. The lowest BCUT2D eigenvalue weighted by Crippen LogP contribution is -2.47. The van der Waals surface area contributed by atoms with Crippen LogP contribution in [0.1, 0.15) is 32.8 Å². The van der Waals surface area contributed by atoms with Crippen LogP contribution in [0.25, 0.3) is 10.9 Å². The van der Waals surface area contributed by atoms with Crippen LogP contribution in [0.2, 0.25) is 10.0 Å². The number of primary amides is 1. The molecule has 29 heavy (non-hydrogen) atoms. The molecule has 1 aliphatic heterocycles. The van der Waals surface area contributed by atoms with Crippen molar-refractivity contribution < 1.29 is 14.3 Å². The molecule has 1 fully saturated rings. The number of hydrogen-bond donors (Lipinski definition) is 2. The number of amides is 2. The molecule has 6 nitrogen and oxygen atoms in total. The number of carbonyl (C=O) groups is 2. The first kappa shape index (κ1) is 19.8. The summed E-state index contributed by atoms with van der Waals surface area (Å²) >= 11 is 12.4. The van der Waals surface area contributed by atoms with Crippen LogP contribution in [0, 0.1) is 0 Å². The number of benzene rings is 2. The van der Waals surface area contributed by atoms with Crippen molar-refractivity contribution in [3.63, 3.8) is 0 Å². The van der Waals surface area contributed by atoms with Gasteiger partial charge in [0.25, 0.3) is 5.91 Å². The molecule has 1 unspecified atom stereocenters. The van der Waals surface area contributed by atoms with Crippen LogP contribution in [0.4, 0.5) is 0 Å². The highest BCUT2D eigenvalue weighted by molar-refractivity contribution is 6.45. The Balaban J connectivity index is 1.70. The predicted octanol–water partition coefficient (Wildman–Crippen LogP) is 3.63. The lowest BCUT2D eigenvalue weighted by molar-refractivity contribution is 0.0867. The molecule has 1 atom stereocenters. The van der Waals surface area contributed by atoms with Crippen molar-refractivity contribution in [1.82, 2.24) is 9.88 Å². The number of nitrogens with one attached hydrogen (secondary N) is 1. The summed E-state index contributed by atoms with van der Waals surface area (Å²) in [7, 11) is 1.81. The van der Waals surface area contributed by atoms with E-state index in [1.165, 1.54) is 0 Å². The van der Waals surface area contributed by atoms with Gasteiger partial charge in [0.2, 0.25) is 5.91 Å². The predicted molar refractivity (Wildman–Crippen MR) is 112 cm³/mol. The monoisotopic (exact) mass is 431 g/mol. The van der Waals surface area contributed by atoms with E-state index in [9.17, 15) is 9.59 Å². The Morgan fingerprint density at radius 2 is 1.90 bits per heavy atom. The number of aromatic nitrogens is 1. The van der Waals surface area contributed by atoms with Gasteiger partial charge in [0.1, 0.15) is 5.69 Å². The summed E-state index contributed by atoms with van der Waals surface area (Å²) in [6, 6.07) is 12.2. The Morgan fingerprint density at radius 1 is 1.17 bits per heavy atom. The molecule has 0 bridgehead atoms. The first-order valence-corrected chi connectivity index (χ1v) is 9.82. The zero-order valence-corrected chi connectivity index (χ0v) is 17.2. The third-order valence-electron chi connectivity index (χ3n) is 5.44. The summed E-state index contributed by atoms with van der Waals surface area (Å²) in [4.78, 5) is 24.6. The highest BCUT2D eigenvalue weighted by atomic mass is 35.5. The summed E-state index contributed by atoms with van der Waals surface area (Å²) < 4.78 is 7.39. The first-order chi connectivity index (χ1) is 13.8. The second kappa shape index (κ2) is 7.37. The number of carbonyl (C=O) groups excluding carboxylic acids is 2. The average Bonchev–Trinajstić information content (AvgIpc) is 3.31. The first-order valence-electron chi connectivity index (χ1n) is 9.06. The molecule has 2 heterocycles. The lowest BCUT2D eigenvalue weighted by atomic mass is 9.88. The van der Waals surface area contributed by atoms with Gasteiger partial charge < -0.3 is 20.4 Å². The van der Waals surface area contributed by atoms with Crippen LogP contribution >= 0.6 is 23.2 Å². The summed E-state index contributed by atoms with van der Waals surface area (Å²) in [6.45, 7) is 0.861. The molecule has 0 saturated carbocycles. The summed E-state index contributed by atoms with van der Waals surface area (Å²) in [5.41, 5.74) is 7.18. The van der Waals surface area contributed by atoms with Crippen molar-refractivity contribution in [2.45, 2.75) is 12.0 Å². The van der Waals surface area contributed by atoms with E-state index in [0.29, 0.717) is 46.3 Å². The molecular weight excluding hydrogens is 413 g/mol. The number of hydrogen-bond acceptors (Lipinski definition) is 3. The van der Waals surface area contributed by atoms with Gasteiger partial charge in [-0.3, -0.25) is 9.59 Å². The highest BCUT2D eigenvalue weighted by Gasteiger charge is 2.39. The molecule has 150 valence electrons. The fourth-order valence-corrected chi connectivity index (χ4v) is 4.14. The minimum Gasteiger partial charge on any atom is -0.379 e. The Hall–Kier alpha value is -2.54. The van der Waals surface area contributed by atoms with Gasteiger partial charge in [-0.25, -0.2) is 0 Å². The van der Waals surface area contributed by atoms with Crippen LogP contribution in [0.15, 0.2) is 42.5 Å². The van der Waals surface area contributed by atoms with E-state index < -0.39 is 11.4 Å². The van der Waals surface area contributed by atoms with Crippen molar-refractivity contribution in [3.8, 4) is 0 Å². The zero-order valence-electron chi connectivity index (χ0n) is 15.7. The van der Waals surface area contributed by atoms with Crippen LogP contribution < -0.4 is 11.1 Å². The van der Waals surface area contributed by atoms with Crippen molar-refractivity contribution >= 4 is 45.9 Å².